The Morgan fingerprint density at radius 3 is 1.92 bits per heavy atom. The molecule has 0 spiro atoms. The van der Waals surface area contributed by atoms with Crippen molar-refractivity contribution in [3.63, 3.8) is 0 Å². The number of alkyl halides is 6. The molecule has 1 fully saturated rings. The molecule has 0 heterocycles. The summed E-state index contributed by atoms with van der Waals surface area (Å²) in [6.07, 6.45) is -10.5. The molecule has 2 aromatic carbocycles. The topological polar surface area (TPSA) is 99.1 Å². The van der Waals surface area contributed by atoms with Crippen LogP contribution in [0.1, 0.15) is 37.3 Å². The minimum absolute atomic E-state index is 0.0711. The molecule has 1 aliphatic rings. The van der Waals surface area contributed by atoms with Gasteiger partial charge in [0.15, 0.2) is 9.84 Å². The van der Waals surface area contributed by atoms with Gasteiger partial charge < -0.3 is 5.32 Å². The summed E-state index contributed by atoms with van der Waals surface area (Å²) in [4.78, 5) is 12.7. The van der Waals surface area contributed by atoms with Crippen molar-refractivity contribution < 1.29 is 39.6 Å². The second-order valence-electron chi connectivity index (χ2n) is 8.95. The van der Waals surface area contributed by atoms with E-state index in [1.54, 1.807) is 0 Å². The molecule has 0 aliphatic heterocycles. The molecule has 1 amide bonds. The van der Waals surface area contributed by atoms with Crippen molar-refractivity contribution in [3.8, 4) is 17.2 Å². The van der Waals surface area contributed by atoms with Gasteiger partial charge in [0.1, 0.15) is 11.6 Å². The van der Waals surface area contributed by atoms with Crippen LogP contribution in [0.15, 0.2) is 53.4 Å². The molecule has 2 aromatic rings. The molecule has 2 N–H and O–H groups in total. The van der Waals surface area contributed by atoms with Crippen molar-refractivity contribution in [2.24, 2.45) is 0 Å². The summed E-state index contributed by atoms with van der Waals surface area (Å²) < 4.78 is 104. The Bertz CT molecular complexity index is 1260. The fourth-order valence-corrected chi connectivity index (χ4v) is 4.28. The Kier molecular flexibility index (Phi) is 7.95. The molecule has 6 nitrogen and oxygen atoms in total. The van der Waals surface area contributed by atoms with Crippen molar-refractivity contribution >= 4 is 15.7 Å². The van der Waals surface area contributed by atoms with Gasteiger partial charge in [-0.25, -0.2) is 8.42 Å². The van der Waals surface area contributed by atoms with E-state index in [-0.39, 0.29) is 23.3 Å². The highest BCUT2D eigenvalue weighted by Crippen LogP contribution is 2.37. The molecule has 3 rings (SSSR count). The first-order chi connectivity index (χ1) is 17.0. The summed E-state index contributed by atoms with van der Waals surface area (Å²) in [5.41, 5.74) is -0.600. The van der Waals surface area contributed by atoms with E-state index in [1.807, 2.05) is 11.4 Å². The molecule has 0 saturated heterocycles. The maximum atomic E-state index is 14.0. The Morgan fingerprint density at radius 1 is 1.00 bits per heavy atom. The van der Waals surface area contributed by atoms with Crippen molar-refractivity contribution in [2.75, 3.05) is 6.26 Å². The summed E-state index contributed by atoms with van der Waals surface area (Å²) in [7, 11) is -3.43. The number of nitrogens with one attached hydrogen (secondary N) is 2. The predicted octanol–water partition coefficient (Wildman–Crippen LogP) is 4.83. The van der Waals surface area contributed by atoms with Gasteiger partial charge in [-0.15, -0.1) is 0 Å². The Hall–Kier alpha value is -3.11. The van der Waals surface area contributed by atoms with E-state index in [0.29, 0.717) is 11.1 Å². The molecule has 0 radical (unpaired) electrons. The molecule has 200 valence electrons. The Morgan fingerprint density at radius 2 is 1.51 bits per heavy atom. The van der Waals surface area contributed by atoms with E-state index in [2.05, 4.69) is 5.32 Å². The highest BCUT2D eigenvalue weighted by molar-refractivity contribution is 7.90. The zero-order valence-electron chi connectivity index (χ0n) is 19.4. The van der Waals surface area contributed by atoms with Gasteiger partial charge in [0.2, 0.25) is 5.91 Å². The summed E-state index contributed by atoms with van der Waals surface area (Å²) in [5.74, 6) is -1.11. The largest absolute Gasteiger partial charge is 0.407 e. The number of carbonyl (C=O) groups excluding carboxylic acids is 1. The Labute approximate surface area is 209 Å². The first-order valence-corrected chi connectivity index (χ1v) is 13.0. The van der Waals surface area contributed by atoms with E-state index >= 15 is 0 Å². The second-order valence-corrected chi connectivity index (χ2v) is 11.0. The maximum absolute atomic E-state index is 14.0. The van der Waals surface area contributed by atoms with E-state index in [0.717, 1.165) is 18.4 Å². The molecule has 1 aliphatic carbocycles. The van der Waals surface area contributed by atoms with Gasteiger partial charge in [-0.05, 0) is 48.1 Å². The zero-order valence-corrected chi connectivity index (χ0v) is 20.3. The highest BCUT2D eigenvalue weighted by Gasteiger charge is 2.48. The lowest BCUT2D eigenvalue weighted by Crippen LogP contribution is -2.52. The third kappa shape index (κ3) is 7.69. The number of rotatable bonds is 9. The third-order valence-corrected chi connectivity index (χ3v) is 7.04. The molecule has 0 bridgehead atoms. The molecular weight excluding hydrogens is 524 g/mol. The number of carbonyl (C=O) groups is 1. The van der Waals surface area contributed by atoms with Gasteiger partial charge >= 0.3 is 12.4 Å². The molecule has 13 heteroatoms. The number of hydrogen-bond donors (Lipinski definition) is 2. The first-order valence-electron chi connectivity index (χ1n) is 11.1. The lowest BCUT2D eigenvalue weighted by atomic mass is 9.99. The zero-order chi connectivity index (χ0) is 27.6. The van der Waals surface area contributed by atoms with Crippen LogP contribution < -0.4 is 10.6 Å². The number of halogens is 6. The monoisotopic (exact) mass is 547 g/mol. The SMILES string of the molecule is CS(=O)(=O)c1ccc(-c2ccc([C@H](N[C@@H](CCC(F)(F)F)C(=O)NC3(C#N)CC3)C(F)(F)F)cc2)cc1. The standard InChI is InChI=1S/C24H23F6N3O3S/c1-37(35,36)18-8-6-16(7-9-18)15-2-4-17(5-3-15)20(24(28,29)30)32-19(10-11-23(25,26)27)21(34)33-22(14-31)12-13-22/h2-9,19-20,32H,10-13H2,1H3,(H,33,34)/t19-,20-/m0/s1. The average molecular weight is 548 g/mol. The van der Waals surface area contributed by atoms with E-state index in [1.165, 1.54) is 36.4 Å². The van der Waals surface area contributed by atoms with Crippen LogP contribution in [-0.2, 0) is 14.6 Å². The maximum Gasteiger partial charge on any atom is 0.407 e. The van der Waals surface area contributed by atoms with Gasteiger partial charge in [-0.2, -0.15) is 31.6 Å². The van der Waals surface area contributed by atoms with Gasteiger partial charge in [-0.1, -0.05) is 36.4 Å². The number of benzene rings is 2. The van der Waals surface area contributed by atoms with Crippen LogP contribution >= 0.6 is 0 Å². The number of hydrogen-bond acceptors (Lipinski definition) is 5. The van der Waals surface area contributed by atoms with E-state index in [9.17, 15) is 39.6 Å². The van der Waals surface area contributed by atoms with Gasteiger partial charge in [0.05, 0.1) is 17.0 Å². The van der Waals surface area contributed by atoms with Crippen LogP contribution in [-0.4, -0.2) is 44.5 Å². The van der Waals surface area contributed by atoms with Crippen LogP contribution in [0.2, 0.25) is 0 Å². The quantitative estimate of drug-likeness (QED) is 0.438. The smallest absolute Gasteiger partial charge is 0.336 e. The third-order valence-electron chi connectivity index (χ3n) is 5.91. The van der Waals surface area contributed by atoms with Crippen LogP contribution in [0.4, 0.5) is 26.3 Å². The lowest BCUT2D eigenvalue weighted by molar-refractivity contribution is -0.162. The summed E-state index contributed by atoms with van der Waals surface area (Å²) in [6, 6.07) is 8.15. The molecule has 0 aromatic heterocycles. The van der Waals surface area contributed by atoms with Crippen LogP contribution in [0.3, 0.4) is 0 Å². The van der Waals surface area contributed by atoms with Crippen molar-refractivity contribution in [1.29, 1.82) is 5.26 Å². The second kappa shape index (κ2) is 10.3. The molecule has 2 atom stereocenters. The minimum atomic E-state index is -4.96. The summed E-state index contributed by atoms with van der Waals surface area (Å²) in [6.45, 7) is 0. The highest BCUT2D eigenvalue weighted by atomic mass is 32.2. The van der Waals surface area contributed by atoms with E-state index in [4.69, 9.17) is 5.26 Å². The number of nitriles is 1. The lowest BCUT2D eigenvalue weighted by Gasteiger charge is -2.28. The van der Waals surface area contributed by atoms with Crippen LogP contribution in [0.5, 0.6) is 0 Å². The molecule has 0 unspecified atom stereocenters. The number of sulfone groups is 1. The number of amides is 1. The summed E-state index contributed by atoms with van der Waals surface area (Å²) >= 11 is 0. The summed E-state index contributed by atoms with van der Waals surface area (Å²) in [5, 5.41) is 13.4. The van der Waals surface area contributed by atoms with Crippen LogP contribution in [0.25, 0.3) is 11.1 Å². The first kappa shape index (κ1) is 28.5. The van der Waals surface area contributed by atoms with E-state index < -0.39 is 58.6 Å². The van der Waals surface area contributed by atoms with Crippen molar-refractivity contribution in [3.05, 3.63) is 54.1 Å². The fraction of sp³-hybridized carbons (Fsp3) is 0.417. The van der Waals surface area contributed by atoms with Gasteiger partial charge in [0, 0.05) is 12.7 Å². The van der Waals surface area contributed by atoms with Crippen molar-refractivity contribution in [2.45, 2.75) is 60.6 Å². The fourth-order valence-electron chi connectivity index (χ4n) is 3.65. The normalized spacial score (nSPS) is 16.9. The average Bonchev–Trinajstić information content (AvgIpc) is 3.57. The number of nitrogens with zero attached hydrogens (tertiary/aromatic N) is 1. The Balaban J connectivity index is 1.85. The minimum Gasteiger partial charge on any atom is -0.336 e. The van der Waals surface area contributed by atoms with Crippen molar-refractivity contribution in [1.82, 2.24) is 10.6 Å². The molecule has 37 heavy (non-hydrogen) atoms. The molecular formula is C24H23F6N3O3S. The van der Waals surface area contributed by atoms with Gasteiger partial charge in [-0.3, -0.25) is 10.1 Å². The predicted molar refractivity (Wildman–Crippen MR) is 122 cm³/mol. The molecule has 1 saturated carbocycles. The van der Waals surface area contributed by atoms with Gasteiger partial charge in [0.25, 0.3) is 0 Å². The van der Waals surface area contributed by atoms with Crippen LogP contribution in [0, 0.1) is 11.3 Å².